The van der Waals surface area contributed by atoms with Crippen molar-refractivity contribution in [3.8, 4) is 0 Å². The zero-order valence-corrected chi connectivity index (χ0v) is 11.4. The normalized spacial score (nSPS) is 10.4. The topological polar surface area (TPSA) is 23.5 Å². The van der Waals surface area contributed by atoms with Gasteiger partial charge in [0.25, 0.3) is 0 Å². The molecule has 0 saturated carbocycles. The predicted molar refractivity (Wildman–Crippen MR) is 71.7 cm³/mol. The Bertz CT molecular complexity index is 319. The molecule has 0 radical (unpaired) electrons. The number of hydrogen-bond acceptors (Lipinski definition) is 3. The Kier molecular flexibility index (Phi) is 5.50. The number of aliphatic hydroxyl groups is 1. The minimum Gasteiger partial charge on any atom is -0.392 e. The van der Waals surface area contributed by atoms with E-state index in [1.165, 1.54) is 5.69 Å². The van der Waals surface area contributed by atoms with Crippen molar-refractivity contribution < 1.29 is 5.11 Å². The maximum absolute atomic E-state index is 9.00. The minimum absolute atomic E-state index is 0.0907. The molecule has 4 heteroatoms. The predicted octanol–water partition coefficient (Wildman–Crippen LogP) is 2.74. The van der Waals surface area contributed by atoms with Crippen LogP contribution in [0, 0.1) is 0 Å². The van der Waals surface area contributed by atoms with Crippen LogP contribution in [-0.2, 0) is 6.61 Å². The van der Waals surface area contributed by atoms with Gasteiger partial charge in [-0.15, -0.1) is 0 Å². The van der Waals surface area contributed by atoms with E-state index in [9.17, 15) is 0 Å². The molecular weight excluding hydrogens is 274 g/mol. The molecule has 1 N–H and O–H groups in total. The molecule has 0 spiro atoms. The van der Waals surface area contributed by atoms with Crippen LogP contribution in [0.4, 0.5) is 5.69 Å². The van der Waals surface area contributed by atoms with Crippen molar-refractivity contribution in [3.05, 3.63) is 28.2 Å². The Labute approximate surface area is 104 Å². The summed E-state index contributed by atoms with van der Waals surface area (Å²) < 4.78 is 1.04. The van der Waals surface area contributed by atoms with Crippen LogP contribution in [-0.4, -0.2) is 30.7 Å². The second-order valence-electron chi connectivity index (χ2n) is 3.36. The number of nitrogens with zero attached hydrogens (tertiary/aromatic N) is 1. The minimum atomic E-state index is 0.0907. The average Bonchev–Trinajstić information content (AvgIpc) is 2.25. The number of halogens is 1. The molecule has 1 rings (SSSR count). The van der Waals surface area contributed by atoms with Gasteiger partial charge in [-0.2, -0.15) is 11.8 Å². The Morgan fingerprint density at radius 2 is 2.20 bits per heavy atom. The SMILES string of the molecule is CSCCN(C)c1ccc(CO)cc1Br. The third-order valence-corrected chi connectivity index (χ3v) is 3.46. The van der Waals surface area contributed by atoms with Crippen LogP contribution < -0.4 is 4.90 Å². The van der Waals surface area contributed by atoms with Crippen molar-refractivity contribution >= 4 is 33.4 Å². The molecule has 0 aliphatic rings. The molecule has 1 aromatic carbocycles. The first kappa shape index (κ1) is 12.9. The van der Waals surface area contributed by atoms with Gasteiger partial charge < -0.3 is 10.0 Å². The number of benzene rings is 1. The van der Waals surface area contributed by atoms with Crippen molar-refractivity contribution in [1.82, 2.24) is 0 Å². The van der Waals surface area contributed by atoms with E-state index in [0.717, 1.165) is 22.3 Å². The van der Waals surface area contributed by atoms with E-state index in [1.54, 1.807) is 0 Å². The molecule has 0 unspecified atom stereocenters. The third kappa shape index (κ3) is 3.70. The summed E-state index contributed by atoms with van der Waals surface area (Å²) in [4.78, 5) is 2.21. The van der Waals surface area contributed by atoms with Crippen molar-refractivity contribution in [1.29, 1.82) is 0 Å². The first-order chi connectivity index (χ1) is 7.19. The van der Waals surface area contributed by atoms with E-state index < -0.39 is 0 Å². The third-order valence-electron chi connectivity index (χ3n) is 2.24. The fraction of sp³-hybridized carbons (Fsp3) is 0.455. The standard InChI is InChI=1S/C11H16BrNOS/c1-13(5-6-15-2)11-4-3-9(8-14)7-10(11)12/h3-4,7,14H,5-6,8H2,1-2H3. The van der Waals surface area contributed by atoms with Crippen molar-refractivity contribution in [3.63, 3.8) is 0 Å². The second-order valence-corrected chi connectivity index (χ2v) is 5.20. The molecule has 0 heterocycles. The lowest BCUT2D eigenvalue weighted by Gasteiger charge is -2.20. The summed E-state index contributed by atoms with van der Waals surface area (Å²) in [5.41, 5.74) is 2.10. The lowest BCUT2D eigenvalue weighted by atomic mass is 10.2. The highest BCUT2D eigenvalue weighted by Gasteiger charge is 2.05. The second kappa shape index (κ2) is 6.40. The smallest absolute Gasteiger partial charge is 0.0682 e. The molecule has 0 aliphatic heterocycles. The Balaban J connectivity index is 2.76. The van der Waals surface area contributed by atoms with Crippen molar-refractivity contribution in [2.24, 2.45) is 0 Å². The fourth-order valence-electron chi connectivity index (χ4n) is 1.31. The number of thioether (sulfide) groups is 1. The monoisotopic (exact) mass is 289 g/mol. The summed E-state index contributed by atoms with van der Waals surface area (Å²) >= 11 is 5.36. The highest BCUT2D eigenvalue weighted by atomic mass is 79.9. The molecule has 1 aromatic rings. The lowest BCUT2D eigenvalue weighted by molar-refractivity contribution is 0.282. The summed E-state index contributed by atoms with van der Waals surface area (Å²) in [5, 5.41) is 9.00. The van der Waals surface area contributed by atoms with Gasteiger partial charge in [0, 0.05) is 23.8 Å². The average molecular weight is 290 g/mol. The van der Waals surface area contributed by atoms with Gasteiger partial charge in [-0.3, -0.25) is 0 Å². The van der Waals surface area contributed by atoms with Crippen LogP contribution in [0.2, 0.25) is 0 Å². The van der Waals surface area contributed by atoms with Crippen LogP contribution >= 0.6 is 27.7 Å². The molecule has 0 saturated heterocycles. The molecular formula is C11H16BrNOS. The first-order valence-electron chi connectivity index (χ1n) is 4.78. The fourth-order valence-corrected chi connectivity index (χ4v) is 2.49. The van der Waals surface area contributed by atoms with Gasteiger partial charge in [-0.25, -0.2) is 0 Å². The molecule has 84 valence electrons. The summed E-state index contributed by atoms with van der Waals surface area (Å²) in [6.07, 6.45) is 2.11. The maximum Gasteiger partial charge on any atom is 0.0682 e. The van der Waals surface area contributed by atoms with Crippen LogP contribution in [0.5, 0.6) is 0 Å². The first-order valence-corrected chi connectivity index (χ1v) is 6.97. The molecule has 0 aliphatic carbocycles. The van der Waals surface area contributed by atoms with Crippen LogP contribution in [0.1, 0.15) is 5.56 Å². The van der Waals surface area contributed by atoms with Crippen LogP contribution in [0.15, 0.2) is 22.7 Å². The highest BCUT2D eigenvalue weighted by molar-refractivity contribution is 9.10. The van der Waals surface area contributed by atoms with E-state index in [-0.39, 0.29) is 6.61 Å². The van der Waals surface area contributed by atoms with E-state index in [1.807, 2.05) is 30.0 Å². The lowest BCUT2D eigenvalue weighted by Crippen LogP contribution is -2.20. The Hall–Kier alpha value is -0.190. The van der Waals surface area contributed by atoms with Gasteiger partial charge in [0.15, 0.2) is 0 Å². The van der Waals surface area contributed by atoms with E-state index >= 15 is 0 Å². The van der Waals surface area contributed by atoms with Gasteiger partial charge in [0.05, 0.1) is 12.3 Å². The quantitative estimate of drug-likeness (QED) is 0.902. The van der Waals surface area contributed by atoms with Crippen molar-refractivity contribution in [2.75, 3.05) is 30.5 Å². The van der Waals surface area contributed by atoms with Crippen molar-refractivity contribution in [2.45, 2.75) is 6.61 Å². The van der Waals surface area contributed by atoms with Gasteiger partial charge in [0.2, 0.25) is 0 Å². The van der Waals surface area contributed by atoms with Gasteiger partial charge in [-0.1, -0.05) is 6.07 Å². The summed E-state index contributed by atoms with van der Waals surface area (Å²) in [5.74, 6) is 1.12. The maximum atomic E-state index is 9.00. The number of anilines is 1. The number of aliphatic hydroxyl groups excluding tert-OH is 1. The van der Waals surface area contributed by atoms with Gasteiger partial charge in [0.1, 0.15) is 0 Å². The summed E-state index contributed by atoms with van der Waals surface area (Å²) in [7, 11) is 2.08. The molecule has 2 nitrogen and oxygen atoms in total. The van der Waals surface area contributed by atoms with Crippen LogP contribution in [0.3, 0.4) is 0 Å². The zero-order valence-electron chi connectivity index (χ0n) is 9.03. The summed E-state index contributed by atoms with van der Waals surface area (Å²) in [6.45, 7) is 1.12. The zero-order chi connectivity index (χ0) is 11.3. The number of rotatable bonds is 5. The molecule has 15 heavy (non-hydrogen) atoms. The Morgan fingerprint density at radius 1 is 1.47 bits per heavy atom. The molecule has 0 bridgehead atoms. The van der Waals surface area contributed by atoms with Gasteiger partial charge >= 0.3 is 0 Å². The highest BCUT2D eigenvalue weighted by Crippen LogP contribution is 2.26. The van der Waals surface area contributed by atoms with Crippen LogP contribution in [0.25, 0.3) is 0 Å². The van der Waals surface area contributed by atoms with E-state index in [2.05, 4.69) is 34.1 Å². The van der Waals surface area contributed by atoms with Gasteiger partial charge in [-0.05, 0) is 39.9 Å². The molecule has 0 fully saturated rings. The summed E-state index contributed by atoms with van der Waals surface area (Å²) in [6, 6.07) is 5.95. The van der Waals surface area contributed by atoms with E-state index in [0.29, 0.717) is 0 Å². The largest absolute Gasteiger partial charge is 0.392 e. The molecule has 0 atom stereocenters. The molecule has 0 aromatic heterocycles. The molecule has 0 amide bonds. The van der Waals surface area contributed by atoms with E-state index in [4.69, 9.17) is 5.11 Å². The number of hydrogen-bond donors (Lipinski definition) is 1. The Morgan fingerprint density at radius 3 is 2.73 bits per heavy atom.